The third-order valence-electron chi connectivity index (χ3n) is 6.38. The number of nitrogens with two attached hydrogens (primary N) is 1. The Morgan fingerprint density at radius 3 is 1.91 bits per heavy atom. The predicted octanol–water partition coefficient (Wildman–Crippen LogP) is 2.47. The topological polar surface area (TPSA) is 251 Å². The Morgan fingerprint density at radius 2 is 1.47 bits per heavy atom. The van der Waals surface area contributed by atoms with Crippen LogP contribution in [0.25, 0.3) is 0 Å². The van der Waals surface area contributed by atoms with Gasteiger partial charge in [0.2, 0.25) is 17.7 Å². The summed E-state index contributed by atoms with van der Waals surface area (Å²) in [6, 6.07) is 6.26. The molecule has 0 saturated carbocycles. The zero-order valence-electron chi connectivity index (χ0n) is 34.8. The minimum atomic E-state index is -0.490. The zero-order chi connectivity index (χ0) is 42.8. The minimum absolute atomic E-state index is 0.0498. The van der Waals surface area contributed by atoms with E-state index in [1.165, 1.54) is 11.8 Å². The van der Waals surface area contributed by atoms with Gasteiger partial charge in [0.15, 0.2) is 0 Å². The average molecular weight is 784 g/mol. The van der Waals surface area contributed by atoms with Gasteiger partial charge < -0.3 is 62.1 Å². The van der Waals surface area contributed by atoms with Crippen LogP contribution in [0.2, 0.25) is 0 Å². The molecule has 0 aliphatic carbocycles. The number of carbonyl (C=O) groups is 7. The highest BCUT2D eigenvalue weighted by molar-refractivity contribution is 5.92. The number of nitrogens with zero attached hydrogens (tertiary/aromatic N) is 1. The van der Waals surface area contributed by atoms with Crippen LogP contribution in [0.3, 0.4) is 0 Å². The molecule has 0 spiro atoms. The van der Waals surface area contributed by atoms with Crippen LogP contribution in [0.15, 0.2) is 24.3 Å². The molecule has 0 bridgehead atoms. The van der Waals surface area contributed by atoms with Crippen molar-refractivity contribution in [2.45, 2.75) is 92.9 Å². The normalized spacial score (nSPS) is 10.5. The van der Waals surface area contributed by atoms with Crippen LogP contribution in [-0.4, -0.2) is 119 Å². The lowest BCUT2D eigenvalue weighted by Gasteiger charge is -2.19. The average Bonchev–Trinajstić information content (AvgIpc) is 3.10. The summed E-state index contributed by atoms with van der Waals surface area (Å²) >= 11 is 0. The van der Waals surface area contributed by atoms with Crippen molar-refractivity contribution in [3.05, 3.63) is 29.8 Å². The lowest BCUT2D eigenvalue weighted by molar-refractivity contribution is -0.126. The molecule has 316 valence electrons. The van der Waals surface area contributed by atoms with Gasteiger partial charge in [-0.2, -0.15) is 0 Å². The third kappa shape index (κ3) is 37.1. The first kappa shape index (κ1) is 54.4. The van der Waals surface area contributed by atoms with E-state index >= 15 is 0 Å². The fourth-order valence-electron chi connectivity index (χ4n) is 3.41. The molecule has 0 heterocycles. The number of ether oxygens (including phenoxy) is 2. The molecule has 18 nitrogen and oxygen atoms in total. The highest BCUT2D eigenvalue weighted by atomic mass is 16.6. The van der Waals surface area contributed by atoms with Crippen LogP contribution in [0.5, 0.6) is 0 Å². The van der Waals surface area contributed by atoms with Gasteiger partial charge in [-0.15, -0.1) is 0 Å². The highest BCUT2D eigenvalue weighted by Gasteiger charge is 2.16. The first-order chi connectivity index (χ1) is 25.8. The molecule has 0 radical (unpaired) electrons. The largest absolute Gasteiger partial charge is 0.445 e. The molecule has 1 atom stereocenters. The van der Waals surface area contributed by atoms with E-state index in [1.807, 2.05) is 60.7 Å². The molecule has 1 aromatic rings. The second-order valence-corrected chi connectivity index (χ2v) is 13.3. The van der Waals surface area contributed by atoms with E-state index in [4.69, 9.17) is 15.2 Å². The van der Waals surface area contributed by atoms with Gasteiger partial charge in [-0.3, -0.25) is 14.4 Å². The summed E-state index contributed by atoms with van der Waals surface area (Å²) in [5.41, 5.74) is 5.91. The minimum Gasteiger partial charge on any atom is -0.445 e. The van der Waals surface area contributed by atoms with Crippen molar-refractivity contribution in [2.24, 2.45) is 11.7 Å². The Balaban J connectivity index is -0.000000710. The first-order valence-electron chi connectivity index (χ1n) is 18.3. The van der Waals surface area contributed by atoms with Gasteiger partial charge in [-0.1, -0.05) is 46.2 Å². The van der Waals surface area contributed by atoms with Crippen LogP contribution in [-0.2, 0) is 35.3 Å². The maximum absolute atomic E-state index is 11.7. The molecule has 0 saturated heterocycles. The summed E-state index contributed by atoms with van der Waals surface area (Å²) in [5, 5.41) is 18.5. The standard InChI is InChI=1S/C15H24N4O3.C9H16N2O3.C9H19NO2.C4H10N2O/c1-16-8-9-19(3)15(21)22-11-12-4-6-13(7-5-12)18-14(20)10-17-2;1-6(2)8(5-12)11-9(14)4-10-7(3)13;1-5-6-7-10-8(11)12-9(2,3)4;1-2-3-6-4(5)7/h4-7,16-17H,8-11H2,1-3H3,(H,18,20);5-6,8H,4H2,1-3H3,(H,10,13)(H,11,14);5-7H2,1-4H3,(H,10,11);2-3H2,1H3,(H3,5,6,7). The molecule has 7 amide bonds. The van der Waals surface area contributed by atoms with Crippen molar-refractivity contribution in [1.29, 1.82) is 0 Å². The molecular formula is C37H69N9O9. The quantitative estimate of drug-likeness (QED) is 0.0793. The molecule has 1 unspecified atom stereocenters. The number of amides is 7. The van der Waals surface area contributed by atoms with E-state index in [0.717, 1.165) is 24.8 Å². The zero-order valence-corrected chi connectivity index (χ0v) is 34.8. The molecule has 0 aromatic heterocycles. The Bertz CT molecular complexity index is 1240. The van der Waals surface area contributed by atoms with Crippen LogP contribution < -0.4 is 43.0 Å². The summed E-state index contributed by atoms with van der Waals surface area (Å²) in [6.45, 7) is 17.7. The van der Waals surface area contributed by atoms with E-state index in [9.17, 15) is 33.6 Å². The Labute approximate surface area is 327 Å². The lowest BCUT2D eigenvalue weighted by Crippen LogP contribution is -2.44. The maximum Gasteiger partial charge on any atom is 0.409 e. The number of rotatable bonds is 18. The van der Waals surface area contributed by atoms with Crippen LogP contribution in [0.1, 0.15) is 80.2 Å². The van der Waals surface area contributed by atoms with Gasteiger partial charge in [0.05, 0.1) is 19.1 Å². The van der Waals surface area contributed by atoms with E-state index in [-0.39, 0.29) is 55.5 Å². The smallest absolute Gasteiger partial charge is 0.409 e. The van der Waals surface area contributed by atoms with Gasteiger partial charge in [-0.05, 0) is 71.3 Å². The number of unbranched alkanes of at least 4 members (excludes halogenated alkanes) is 1. The fourth-order valence-corrected chi connectivity index (χ4v) is 3.41. The SMILES string of the molecule is CC(=O)NCC(=O)NC(C=O)C(C)C.CCCCNC(=O)OC(C)(C)C.CCCNC(N)=O.CNCCN(C)C(=O)OCc1ccc(NC(=O)CNC)cc1. The molecule has 55 heavy (non-hydrogen) atoms. The Kier molecular flexibility index (Phi) is 33.2. The Morgan fingerprint density at radius 1 is 0.855 bits per heavy atom. The number of anilines is 1. The van der Waals surface area contributed by atoms with Crippen molar-refractivity contribution >= 4 is 47.9 Å². The second-order valence-electron chi connectivity index (χ2n) is 13.3. The number of aldehydes is 1. The van der Waals surface area contributed by atoms with Gasteiger partial charge >= 0.3 is 18.2 Å². The number of urea groups is 1. The van der Waals surface area contributed by atoms with E-state index in [0.29, 0.717) is 38.2 Å². The van der Waals surface area contributed by atoms with Crippen LogP contribution >= 0.6 is 0 Å². The van der Waals surface area contributed by atoms with Gasteiger partial charge in [0.25, 0.3) is 0 Å². The molecule has 1 aromatic carbocycles. The summed E-state index contributed by atoms with van der Waals surface area (Å²) in [4.78, 5) is 77.7. The van der Waals surface area contributed by atoms with Crippen molar-refractivity contribution < 1.29 is 43.0 Å². The summed E-state index contributed by atoms with van der Waals surface area (Å²) in [7, 11) is 5.24. The fraction of sp³-hybridized carbons (Fsp3) is 0.649. The number of hydrogen-bond donors (Lipinski definition) is 8. The highest BCUT2D eigenvalue weighted by Crippen LogP contribution is 2.11. The number of primary amides is 1. The monoisotopic (exact) mass is 784 g/mol. The summed E-state index contributed by atoms with van der Waals surface area (Å²) < 4.78 is 10.2. The summed E-state index contributed by atoms with van der Waals surface area (Å²) in [5.74, 6) is -0.681. The molecule has 18 heteroatoms. The van der Waals surface area contributed by atoms with Crippen molar-refractivity contribution in [2.75, 3.05) is 65.7 Å². The number of hydrogen-bond acceptors (Lipinski definition) is 11. The molecular weight excluding hydrogens is 714 g/mol. The second kappa shape index (κ2) is 33.6. The van der Waals surface area contributed by atoms with Crippen molar-refractivity contribution in [1.82, 2.24) is 36.8 Å². The number of benzene rings is 1. The van der Waals surface area contributed by atoms with Crippen LogP contribution in [0, 0.1) is 5.92 Å². The van der Waals surface area contributed by atoms with Gasteiger partial charge in [0, 0.05) is 45.8 Å². The van der Waals surface area contributed by atoms with Crippen molar-refractivity contribution in [3.63, 3.8) is 0 Å². The summed E-state index contributed by atoms with van der Waals surface area (Å²) in [6.07, 6.45) is 3.02. The first-order valence-corrected chi connectivity index (χ1v) is 18.3. The van der Waals surface area contributed by atoms with E-state index in [2.05, 4.69) is 44.1 Å². The number of nitrogens with one attached hydrogen (secondary N) is 7. The van der Waals surface area contributed by atoms with Crippen molar-refractivity contribution in [3.8, 4) is 0 Å². The maximum atomic E-state index is 11.7. The molecule has 0 aliphatic rings. The van der Waals surface area contributed by atoms with Gasteiger partial charge in [0.1, 0.15) is 18.5 Å². The predicted molar refractivity (Wildman–Crippen MR) is 214 cm³/mol. The number of carbonyl (C=O) groups excluding carboxylic acids is 7. The van der Waals surface area contributed by atoms with E-state index < -0.39 is 17.7 Å². The molecule has 9 N–H and O–H groups in total. The van der Waals surface area contributed by atoms with Crippen LogP contribution in [0.4, 0.5) is 20.1 Å². The Hall–Kier alpha value is -4.97. The number of likely N-dealkylation sites (N-methyl/N-ethyl adjacent to an activating group) is 3. The van der Waals surface area contributed by atoms with Gasteiger partial charge in [-0.25, -0.2) is 14.4 Å². The molecule has 1 rings (SSSR count). The number of alkyl carbamates (subject to hydrolysis) is 1. The van der Waals surface area contributed by atoms with E-state index in [1.54, 1.807) is 26.2 Å². The third-order valence-corrected chi connectivity index (χ3v) is 6.38. The molecule has 0 aliphatic heterocycles. The molecule has 0 fully saturated rings. The lowest BCUT2D eigenvalue weighted by atomic mass is 10.1.